The predicted octanol–water partition coefficient (Wildman–Crippen LogP) is 3.13. The molecular formula is C18H24N2O. The lowest BCUT2D eigenvalue weighted by atomic mass is 10.1. The molecule has 0 aliphatic carbocycles. The molecule has 3 heteroatoms. The second kappa shape index (κ2) is 7.25. The molecule has 3 nitrogen and oxygen atoms in total. The van der Waals surface area contributed by atoms with Crippen LogP contribution in [0.2, 0.25) is 0 Å². The molecule has 2 rings (SSSR count). The maximum absolute atomic E-state index is 10.4. The highest BCUT2D eigenvalue weighted by Gasteiger charge is 2.12. The van der Waals surface area contributed by atoms with Gasteiger partial charge in [0, 0.05) is 18.8 Å². The summed E-state index contributed by atoms with van der Waals surface area (Å²) in [5.41, 5.74) is 9.94. The Bertz CT molecular complexity index is 566. The monoisotopic (exact) mass is 284 g/mol. The van der Waals surface area contributed by atoms with Gasteiger partial charge < -0.3 is 10.8 Å². The van der Waals surface area contributed by atoms with Crippen LogP contribution in [0.5, 0.6) is 0 Å². The molecule has 0 spiro atoms. The van der Waals surface area contributed by atoms with Crippen LogP contribution in [0.3, 0.4) is 0 Å². The quantitative estimate of drug-likeness (QED) is 0.801. The van der Waals surface area contributed by atoms with Gasteiger partial charge in [0.05, 0.1) is 6.10 Å². The molecule has 0 bridgehead atoms. The number of anilines is 1. The second-order valence-electron chi connectivity index (χ2n) is 5.50. The Labute approximate surface area is 127 Å². The molecule has 0 aromatic heterocycles. The molecule has 0 aliphatic rings. The van der Waals surface area contributed by atoms with Crippen molar-refractivity contribution in [1.29, 1.82) is 0 Å². The van der Waals surface area contributed by atoms with Crippen molar-refractivity contribution in [3.05, 3.63) is 65.2 Å². The fourth-order valence-corrected chi connectivity index (χ4v) is 2.39. The number of nitrogen functional groups attached to an aromatic ring is 1. The molecule has 112 valence electrons. The minimum absolute atomic E-state index is 0.466. The molecule has 0 radical (unpaired) electrons. The summed E-state index contributed by atoms with van der Waals surface area (Å²) in [6, 6.07) is 16.0. The Morgan fingerprint density at radius 2 is 1.86 bits per heavy atom. The number of aliphatic hydroxyl groups excluding tert-OH is 1. The molecule has 2 aromatic carbocycles. The molecule has 1 unspecified atom stereocenters. The first-order valence-corrected chi connectivity index (χ1v) is 7.40. The molecule has 3 N–H and O–H groups in total. The largest absolute Gasteiger partial charge is 0.399 e. The smallest absolute Gasteiger partial charge is 0.0917 e. The van der Waals surface area contributed by atoms with Crippen LogP contribution in [0.15, 0.2) is 48.5 Å². The molecule has 0 aliphatic heterocycles. The van der Waals surface area contributed by atoms with E-state index in [2.05, 4.69) is 17.9 Å². The van der Waals surface area contributed by atoms with E-state index in [1.807, 2.05) is 49.4 Å². The Morgan fingerprint density at radius 3 is 2.48 bits per heavy atom. The van der Waals surface area contributed by atoms with Crippen LogP contribution in [0.25, 0.3) is 0 Å². The van der Waals surface area contributed by atoms with Gasteiger partial charge in [-0.3, -0.25) is 4.90 Å². The molecule has 2 aromatic rings. The van der Waals surface area contributed by atoms with E-state index < -0.39 is 6.10 Å². The Kier molecular flexibility index (Phi) is 5.37. The first-order chi connectivity index (χ1) is 10.1. The van der Waals surface area contributed by atoms with E-state index >= 15 is 0 Å². The summed E-state index contributed by atoms with van der Waals surface area (Å²) in [7, 11) is 0. The van der Waals surface area contributed by atoms with Crippen molar-refractivity contribution in [1.82, 2.24) is 4.90 Å². The summed E-state index contributed by atoms with van der Waals surface area (Å²) >= 11 is 0. The highest BCUT2D eigenvalue weighted by molar-refractivity contribution is 5.40. The highest BCUT2D eigenvalue weighted by Crippen LogP contribution is 2.17. The van der Waals surface area contributed by atoms with Gasteiger partial charge in [-0.25, -0.2) is 0 Å². The summed E-state index contributed by atoms with van der Waals surface area (Å²) < 4.78 is 0. The van der Waals surface area contributed by atoms with Gasteiger partial charge in [0.25, 0.3) is 0 Å². The lowest BCUT2D eigenvalue weighted by Crippen LogP contribution is -2.28. The van der Waals surface area contributed by atoms with E-state index in [4.69, 9.17) is 5.73 Å². The maximum atomic E-state index is 10.4. The summed E-state index contributed by atoms with van der Waals surface area (Å²) in [6.07, 6.45) is -0.466. The lowest BCUT2D eigenvalue weighted by Gasteiger charge is -2.24. The topological polar surface area (TPSA) is 49.5 Å². The minimum Gasteiger partial charge on any atom is -0.399 e. The van der Waals surface area contributed by atoms with E-state index in [0.717, 1.165) is 24.3 Å². The number of hydrogen-bond donors (Lipinski definition) is 2. The van der Waals surface area contributed by atoms with Gasteiger partial charge in [-0.15, -0.1) is 0 Å². The van der Waals surface area contributed by atoms with Crippen molar-refractivity contribution >= 4 is 5.69 Å². The van der Waals surface area contributed by atoms with Crippen molar-refractivity contribution in [3.63, 3.8) is 0 Å². The molecule has 21 heavy (non-hydrogen) atoms. The van der Waals surface area contributed by atoms with E-state index in [1.165, 1.54) is 11.1 Å². The lowest BCUT2D eigenvalue weighted by molar-refractivity contribution is 0.112. The SMILES string of the molecule is CCN(Cc1cccc(N)c1)CC(O)c1ccc(C)cc1. The summed E-state index contributed by atoms with van der Waals surface area (Å²) in [4.78, 5) is 2.22. The molecule has 0 saturated heterocycles. The van der Waals surface area contributed by atoms with Crippen molar-refractivity contribution in [2.24, 2.45) is 0 Å². The molecule has 0 saturated carbocycles. The van der Waals surface area contributed by atoms with Gasteiger partial charge in [0.2, 0.25) is 0 Å². The Hall–Kier alpha value is -1.84. The second-order valence-corrected chi connectivity index (χ2v) is 5.50. The van der Waals surface area contributed by atoms with Crippen LogP contribution >= 0.6 is 0 Å². The molecule has 0 heterocycles. The summed E-state index contributed by atoms with van der Waals surface area (Å²) in [6.45, 7) is 6.46. The average Bonchev–Trinajstić information content (AvgIpc) is 2.47. The van der Waals surface area contributed by atoms with Gasteiger partial charge in [-0.1, -0.05) is 48.9 Å². The van der Waals surface area contributed by atoms with Gasteiger partial charge >= 0.3 is 0 Å². The minimum atomic E-state index is -0.466. The van der Waals surface area contributed by atoms with Crippen LogP contribution < -0.4 is 5.73 Å². The zero-order valence-corrected chi connectivity index (χ0v) is 12.8. The maximum Gasteiger partial charge on any atom is 0.0917 e. The molecule has 0 amide bonds. The van der Waals surface area contributed by atoms with Crippen LogP contribution in [0.4, 0.5) is 5.69 Å². The average molecular weight is 284 g/mol. The number of rotatable bonds is 6. The van der Waals surface area contributed by atoms with Gasteiger partial charge in [-0.05, 0) is 36.7 Å². The number of benzene rings is 2. The van der Waals surface area contributed by atoms with E-state index in [-0.39, 0.29) is 0 Å². The normalized spacial score (nSPS) is 12.6. The van der Waals surface area contributed by atoms with Crippen molar-refractivity contribution < 1.29 is 5.11 Å². The van der Waals surface area contributed by atoms with Crippen LogP contribution in [0, 0.1) is 6.92 Å². The number of aryl methyl sites for hydroxylation is 1. The molecular weight excluding hydrogens is 260 g/mol. The van der Waals surface area contributed by atoms with Crippen LogP contribution in [-0.4, -0.2) is 23.1 Å². The standard InChI is InChI=1S/C18H24N2O/c1-3-20(12-15-5-4-6-17(19)11-15)13-18(21)16-9-7-14(2)8-10-16/h4-11,18,21H,3,12-13,19H2,1-2H3. The zero-order valence-electron chi connectivity index (χ0n) is 12.8. The predicted molar refractivity (Wildman–Crippen MR) is 87.9 cm³/mol. The zero-order chi connectivity index (χ0) is 15.2. The first kappa shape index (κ1) is 15.5. The Balaban J connectivity index is 2.00. The Morgan fingerprint density at radius 1 is 1.14 bits per heavy atom. The third-order valence-corrected chi connectivity index (χ3v) is 3.70. The number of aliphatic hydroxyl groups is 1. The number of nitrogens with two attached hydrogens (primary N) is 1. The molecule has 1 atom stereocenters. The fraction of sp³-hybridized carbons (Fsp3) is 0.333. The first-order valence-electron chi connectivity index (χ1n) is 7.40. The van der Waals surface area contributed by atoms with Crippen molar-refractivity contribution in [2.45, 2.75) is 26.5 Å². The van der Waals surface area contributed by atoms with Crippen LogP contribution in [0.1, 0.15) is 29.7 Å². The third-order valence-electron chi connectivity index (χ3n) is 3.70. The van der Waals surface area contributed by atoms with Gasteiger partial charge in [0.15, 0.2) is 0 Å². The highest BCUT2D eigenvalue weighted by atomic mass is 16.3. The van der Waals surface area contributed by atoms with Gasteiger partial charge in [0.1, 0.15) is 0 Å². The van der Waals surface area contributed by atoms with E-state index in [9.17, 15) is 5.11 Å². The number of nitrogens with zero attached hydrogens (tertiary/aromatic N) is 1. The fourth-order valence-electron chi connectivity index (χ4n) is 2.39. The third kappa shape index (κ3) is 4.59. The van der Waals surface area contributed by atoms with Crippen LogP contribution in [-0.2, 0) is 6.54 Å². The summed E-state index contributed by atoms with van der Waals surface area (Å²) in [5.74, 6) is 0. The van der Waals surface area contributed by atoms with Crippen molar-refractivity contribution in [2.75, 3.05) is 18.8 Å². The van der Waals surface area contributed by atoms with Gasteiger partial charge in [-0.2, -0.15) is 0 Å². The summed E-state index contributed by atoms with van der Waals surface area (Å²) in [5, 5.41) is 10.4. The number of likely N-dealkylation sites (N-methyl/N-ethyl adjacent to an activating group) is 1. The van der Waals surface area contributed by atoms with E-state index in [0.29, 0.717) is 6.54 Å². The number of hydrogen-bond acceptors (Lipinski definition) is 3. The van der Waals surface area contributed by atoms with E-state index in [1.54, 1.807) is 0 Å². The van der Waals surface area contributed by atoms with Crippen molar-refractivity contribution in [3.8, 4) is 0 Å². The molecule has 0 fully saturated rings.